The van der Waals surface area contributed by atoms with Crippen molar-refractivity contribution in [1.29, 1.82) is 0 Å². The summed E-state index contributed by atoms with van der Waals surface area (Å²) in [6.07, 6.45) is 7.05. The van der Waals surface area contributed by atoms with Gasteiger partial charge in [0, 0.05) is 18.3 Å². The number of carboxylic acids is 1. The molecule has 2 atom stereocenters. The molecule has 0 aromatic carbocycles. The minimum atomic E-state index is -0.801. The number of carboxylic acid groups (broad SMARTS) is 1. The Morgan fingerprint density at radius 1 is 1.56 bits per heavy atom. The lowest BCUT2D eigenvalue weighted by Crippen LogP contribution is -2.29. The summed E-state index contributed by atoms with van der Waals surface area (Å²) < 4.78 is 0. The maximum absolute atomic E-state index is 11.9. The van der Waals surface area contributed by atoms with Crippen LogP contribution in [0.5, 0.6) is 0 Å². The van der Waals surface area contributed by atoms with Crippen molar-refractivity contribution >= 4 is 11.8 Å². The van der Waals surface area contributed by atoms with Gasteiger partial charge in [0.25, 0.3) is 0 Å². The van der Waals surface area contributed by atoms with Gasteiger partial charge in [0.15, 0.2) is 0 Å². The molecule has 3 heteroatoms. The van der Waals surface area contributed by atoms with Crippen molar-refractivity contribution < 1.29 is 14.7 Å². The molecule has 0 heterocycles. The molecule has 16 heavy (non-hydrogen) atoms. The largest absolute Gasteiger partial charge is 0.481 e. The number of hydrogen-bond donors (Lipinski definition) is 1. The van der Waals surface area contributed by atoms with Crippen molar-refractivity contribution in [2.75, 3.05) is 0 Å². The minimum Gasteiger partial charge on any atom is -0.481 e. The van der Waals surface area contributed by atoms with Gasteiger partial charge in [-0.05, 0) is 25.2 Å². The summed E-state index contributed by atoms with van der Waals surface area (Å²) in [5.41, 5.74) is -0.454. The zero-order chi connectivity index (χ0) is 12.2. The number of Topliss-reactive ketones (excluding diaryl/α,β-unsaturated/α-hetero) is 1. The lowest BCUT2D eigenvalue weighted by Gasteiger charge is -2.27. The lowest BCUT2D eigenvalue weighted by molar-refractivity contribution is -0.139. The molecule has 1 N–H and O–H groups in total. The molecular weight excluding hydrogens is 204 g/mol. The fourth-order valence-electron chi connectivity index (χ4n) is 2.45. The average molecular weight is 224 g/mol. The van der Waals surface area contributed by atoms with Crippen molar-refractivity contribution in [2.24, 2.45) is 11.3 Å². The van der Waals surface area contributed by atoms with Crippen molar-refractivity contribution in [3.8, 4) is 0 Å². The Bertz CT molecular complexity index is 306. The van der Waals surface area contributed by atoms with Gasteiger partial charge in [-0.3, -0.25) is 9.59 Å². The fraction of sp³-hybridized carbons (Fsp3) is 0.692. The van der Waals surface area contributed by atoms with Crippen LogP contribution in [-0.2, 0) is 9.59 Å². The monoisotopic (exact) mass is 224 g/mol. The zero-order valence-electron chi connectivity index (χ0n) is 10.0. The molecule has 0 amide bonds. The number of rotatable bonds is 5. The first-order valence-electron chi connectivity index (χ1n) is 5.90. The molecule has 1 fully saturated rings. The molecule has 1 aliphatic carbocycles. The molecule has 0 aromatic heterocycles. The maximum Gasteiger partial charge on any atom is 0.303 e. The normalized spacial score (nSPS) is 30.1. The summed E-state index contributed by atoms with van der Waals surface area (Å²) in [4.78, 5) is 22.6. The molecule has 0 unspecified atom stereocenters. The van der Waals surface area contributed by atoms with Crippen molar-refractivity contribution in [3.63, 3.8) is 0 Å². The first kappa shape index (κ1) is 12.9. The van der Waals surface area contributed by atoms with Gasteiger partial charge in [-0.1, -0.05) is 26.0 Å². The second-order valence-electron chi connectivity index (χ2n) is 4.76. The van der Waals surface area contributed by atoms with Crippen LogP contribution in [0, 0.1) is 11.3 Å². The molecule has 0 radical (unpaired) electrons. The van der Waals surface area contributed by atoms with E-state index in [-0.39, 0.29) is 18.1 Å². The van der Waals surface area contributed by atoms with Crippen LogP contribution in [0.4, 0.5) is 0 Å². The van der Waals surface area contributed by atoms with Gasteiger partial charge in [0.05, 0.1) is 0 Å². The number of allylic oxidation sites excluding steroid dienone is 2. The van der Waals surface area contributed by atoms with Crippen LogP contribution in [0.15, 0.2) is 12.2 Å². The van der Waals surface area contributed by atoms with Crippen LogP contribution in [0.25, 0.3) is 0 Å². The predicted octanol–water partition coefficient (Wildman–Crippen LogP) is 2.80. The molecule has 0 aliphatic heterocycles. The van der Waals surface area contributed by atoms with Gasteiger partial charge < -0.3 is 5.11 Å². The van der Waals surface area contributed by atoms with Crippen LogP contribution in [-0.4, -0.2) is 16.9 Å². The second-order valence-corrected chi connectivity index (χ2v) is 4.76. The molecule has 0 spiro atoms. The molecule has 1 rings (SSSR count). The first-order chi connectivity index (χ1) is 7.50. The standard InChI is InChI=1S/C13H20O3/c1-3-4-5-8-13(2)10(9-12(15)16)6-7-11(13)14/h4-5,10H,3,6-9H2,1-2H3,(H,15,16)/b5-4-/t10-,13+/m0/s1. The SMILES string of the molecule is CC/C=C\C[C@@]1(C)C(=O)CC[C@H]1CC(=O)O. The average Bonchev–Trinajstić information content (AvgIpc) is 2.46. The van der Waals surface area contributed by atoms with Gasteiger partial charge >= 0.3 is 5.97 Å². The summed E-state index contributed by atoms with van der Waals surface area (Å²) >= 11 is 0. The first-order valence-corrected chi connectivity index (χ1v) is 5.90. The Balaban J connectivity index is 2.73. The molecule has 90 valence electrons. The zero-order valence-corrected chi connectivity index (χ0v) is 10.0. The second kappa shape index (κ2) is 5.28. The Morgan fingerprint density at radius 3 is 2.81 bits per heavy atom. The van der Waals surface area contributed by atoms with E-state index in [2.05, 4.69) is 0 Å². The summed E-state index contributed by atoms with van der Waals surface area (Å²) in [5, 5.41) is 8.83. The number of carbonyl (C=O) groups is 2. The van der Waals surface area contributed by atoms with Crippen molar-refractivity contribution in [2.45, 2.75) is 46.0 Å². The summed E-state index contributed by atoms with van der Waals surface area (Å²) in [5.74, 6) is -0.580. The number of aliphatic carboxylic acids is 1. The van der Waals surface area contributed by atoms with Crippen LogP contribution in [0.3, 0.4) is 0 Å². The molecule has 0 saturated heterocycles. The molecule has 3 nitrogen and oxygen atoms in total. The van der Waals surface area contributed by atoms with E-state index in [9.17, 15) is 9.59 Å². The molecule has 1 aliphatic rings. The Hall–Kier alpha value is -1.12. The third-order valence-corrected chi connectivity index (χ3v) is 3.62. The Morgan fingerprint density at radius 2 is 2.25 bits per heavy atom. The summed E-state index contributed by atoms with van der Waals surface area (Å²) in [6.45, 7) is 3.96. The summed E-state index contributed by atoms with van der Waals surface area (Å²) in [6, 6.07) is 0. The van der Waals surface area contributed by atoms with Crippen LogP contribution in [0.1, 0.15) is 46.0 Å². The molecule has 1 saturated carbocycles. The van der Waals surface area contributed by atoms with Crippen LogP contribution < -0.4 is 0 Å². The van der Waals surface area contributed by atoms with E-state index < -0.39 is 11.4 Å². The van der Waals surface area contributed by atoms with E-state index in [4.69, 9.17) is 5.11 Å². The van der Waals surface area contributed by atoms with Crippen LogP contribution in [0.2, 0.25) is 0 Å². The van der Waals surface area contributed by atoms with Gasteiger partial charge in [-0.15, -0.1) is 0 Å². The quantitative estimate of drug-likeness (QED) is 0.730. The van der Waals surface area contributed by atoms with Crippen molar-refractivity contribution in [3.05, 3.63) is 12.2 Å². The number of carbonyl (C=O) groups excluding carboxylic acids is 1. The maximum atomic E-state index is 11.9. The Labute approximate surface area is 96.5 Å². The highest BCUT2D eigenvalue weighted by atomic mass is 16.4. The highest BCUT2D eigenvalue weighted by molar-refractivity contribution is 5.88. The van der Waals surface area contributed by atoms with E-state index in [1.807, 2.05) is 26.0 Å². The molecule has 0 bridgehead atoms. The smallest absolute Gasteiger partial charge is 0.303 e. The minimum absolute atomic E-state index is 0.000920. The third kappa shape index (κ3) is 2.71. The van der Waals surface area contributed by atoms with E-state index in [0.29, 0.717) is 12.8 Å². The van der Waals surface area contributed by atoms with Gasteiger partial charge in [0.1, 0.15) is 5.78 Å². The topological polar surface area (TPSA) is 54.4 Å². The number of ketones is 1. The third-order valence-electron chi connectivity index (χ3n) is 3.62. The van der Waals surface area contributed by atoms with Gasteiger partial charge in [0.2, 0.25) is 0 Å². The Kier molecular flexibility index (Phi) is 4.27. The van der Waals surface area contributed by atoms with E-state index in [1.54, 1.807) is 0 Å². The number of hydrogen-bond acceptors (Lipinski definition) is 2. The highest BCUT2D eigenvalue weighted by Crippen LogP contribution is 2.45. The lowest BCUT2D eigenvalue weighted by atomic mass is 9.74. The summed E-state index contributed by atoms with van der Waals surface area (Å²) in [7, 11) is 0. The van der Waals surface area contributed by atoms with E-state index >= 15 is 0 Å². The molecular formula is C13H20O3. The van der Waals surface area contributed by atoms with E-state index in [0.717, 1.165) is 12.8 Å². The van der Waals surface area contributed by atoms with Gasteiger partial charge in [-0.2, -0.15) is 0 Å². The molecule has 0 aromatic rings. The highest BCUT2D eigenvalue weighted by Gasteiger charge is 2.45. The van der Waals surface area contributed by atoms with E-state index in [1.165, 1.54) is 0 Å². The van der Waals surface area contributed by atoms with Crippen LogP contribution >= 0.6 is 0 Å². The van der Waals surface area contributed by atoms with Crippen molar-refractivity contribution in [1.82, 2.24) is 0 Å². The van der Waals surface area contributed by atoms with Gasteiger partial charge in [-0.25, -0.2) is 0 Å². The fourth-order valence-corrected chi connectivity index (χ4v) is 2.45. The predicted molar refractivity (Wildman–Crippen MR) is 62.1 cm³/mol.